The molecule has 4 aromatic rings. The zero-order chi connectivity index (χ0) is 18.6. The maximum atomic E-state index is 3.51. The first-order chi connectivity index (χ1) is 13.3. The number of aromatic nitrogens is 4. The molecule has 0 spiro atoms. The summed E-state index contributed by atoms with van der Waals surface area (Å²) in [5, 5.41) is 0. The van der Waals surface area contributed by atoms with Gasteiger partial charge in [-0.25, -0.2) is 0 Å². The van der Waals surface area contributed by atoms with Crippen molar-refractivity contribution in [3.63, 3.8) is 0 Å². The van der Waals surface area contributed by atoms with Gasteiger partial charge in [-0.1, -0.05) is 23.9 Å². The van der Waals surface area contributed by atoms with E-state index in [9.17, 15) is 0 Å². The quantitative estimate of drug-likeness (QED) is 0.306. The van der Waals surface area contributed by atoms with E-state index in [-0.39, 0.29) is 0 Å². The molecular formula is C22H22N4S. The lowest BCUT2D eigenvalue weighted by atomic mass is 10.3. The molecule has 0 amide bonds. The van der Waals surface area contributed by atoms with Gasteiger partial charge in [-0.2, -0.15) is 0 Å². The highest BCUT2D eigenvalue weighted by Gasteiger charge is 2.12. The Balaban J connectivity index is 1.55. The summed E-state index contributed by atoms with van der Waals surface area (Å²) >= 11 is 1.76. The SMILES string of the molecule is C/C=C(\S/C(=C\C)c1ccc(-c2ccc[nH]2)[nH]1)c1ccc(-c2ccc[nH]2)[nH]1. The summed E-state index contributed by atoms with van der Waals surface area (Å²) < 4.78 is 0. The zero-order valence-corrected chi connectivity index (χ0v) is 16.2. The molecule has 4 aromatic heterocycles. The summed E-state index contributed by atoms with van der Waals surface area (Å²) in [5.41, 5.74) is 6.59. The highest BCUT2D eigenvalue weighted by molar-refractivity contribution is 8.16. The molecule has 0 radical (unpaired) electrons. The molecule has 0 saturated heterocycles. The van der Waals surface area contributed by atoms with E-state index in [1.807, 2.05) is 24.5 Å². The second-order valence-corrected chi connectivity index (χ2v) is 7.23. The molecule has 0 saturated carbocycles. The number of aromatic amines is 4. The summed E-state index contributed by atoms with van der Waals surface area (Å²) in [5.74, 6) is 0. The van der Waals surface area contributed by atoms with Crippen molar-refractivity contribution in [3.8, 4) is 22.8 Å². The Morgan fingerprint density at radius 3 is 1.52 bits per heavy atom. The van der Waals surface area contributed by atoms with Crippen LogP contribution in [0, 0.1) is 0 Å². The molecule has 5 heteroatoms. The molecule has 4 nitrogen and oxygen atoms in total. The van der Waals surface area contributed by atoms with Gasteiger partial charge in [0.25, 0.3) is 0 Å². The van der Waals surface area contributed by atoms with Gasteiger partial charge >= 0.3 is 0 Å². The fourth-order valence-corrected chi connectivity index (χ4v) is 3.98. The van der Waals surface area contributed by atoms with Crippen molar-refractivity contribution in [2.75, 3.05) is 0 Å². The summed E-state index contributed by atoms with van der Waals surface area (Å²) in [6.07, 6.45) is 8.17. The molecule has 0 fully saturated rings. The highest BCUT2D eigenvalue weighted by Crippen LogP contribution is 2.39. The lowest BCUT2D eigenvalue weighted by Gasteiger charge is -2.08. The Hall–Kier alpha value is -3.05. The second-order valence-electron chi connectivity index (χ2n) is 6.15. The standard InChI is InChI=1S/C22H22N4S/c1-3-21(19-11-9-17(25-19)15-7-5-13-23-15)27-22(4-2)20-12-10-18(26-20)16-8-6-14-24-16/h3-14,23-26H,1-2H3/b21-3-,22-4-. The summed E-state index contributed by atoms with van der Waals surface area (Å²) in [7, 11) is 0. The van der Waals surface area contributed by atoms with Crippen LogP contribution in [0.5, 0.6) is 0 Å². The predicted octanol–water partition coefficient (Wildman–Crippen LogP) is 6.49. The Morgan fingerprint density at radius 1 is 0.667 bits per heavy atom. The van der Waals surface area contributed by atoms with Crippen LogP contribution in [0.25, 0.3) is 32.6 Å². The van der Waals surface area contributed by atoms with Gasteiger partial charge in [-0.3, -0.25) is 0 Å². The number of rotatable bonds is 6. The predicted molar refractivity (Wildman–Crippen MR) is 116 cm³/mol. The van der Waals surface area contributed by atoms with E-state index in [1.165, 1.54) is 9.81 Å². The van der Waals surface area contributed by atoms with Gasteiger partial charge in [0, 0.05) is 22.2 Å². The van der Waals surface area contributed by atoms with Gasteiger partial charge in [0.05, 0.1) is 34.2 Å². The van der Waals surface area contributed by atoms with Gasteiger partial charge in [-0.15, -0.1) is 0 Å². The van der Waals surface area contributed by atoms with Crippen LogP contribution < -0.4 is 0 Å². The fourth-order valence-electron chi connectivity index (χ4n) is 3.04. The van der Waals surface area contributed by atoms with E-state index in [4.69, 9.17) is 0 Å². The minimum absolute atomic E-state index is 1.09. The van der Waals surface area contributed by atoms with Crippen LogP contribution in [-0.4, -0.2) is 19.9 Å². The van der Waals surface area contributed by atoms with E-state index in [1.54, 1.807) is 11.8 Å². The summed E-state index contributed by atoms with van der Waals surface area (Å²) in [6.45, 7) is 4.15. The van der Waals surface area contributed by atoms with Gasteiger partial charge < -0.3 is 19.9 Å². The van der Waals surface area contributed by atoms with Crippen molar-refractivity contribution in [3.05, 3.63) is 84.5 Å². The number of thioether (sulfide) groups is 1. The van der Waals surface area contributed by atoms with Crippen molar-refractivity contribution in [2.45, 2.75) is 13.8 Å². The topological polar surface area (TPSA) is 63.2 Å². The highest BCUT2D eigenvalue weighted by atomic mass is 32.2. The Morgan fingerprint density at radius 2 is 1.15 bits per heavy atom. The zero-order valence-electron chi connectivity index (χ0n) is 15.3. The lowest BCUT2D eigenvalue weighted by molar-refractivity contribution is 1.31. The third-order valence-corrected chi connectivity index (χ3v) is 5.77. The molecular weight excluding hydrogens is 352 g/mol. The number of nitrogens with one attached hydrogen (secondary N) is 4. The maximum Gasteiger partial charge on any atom is 0.0624 e. The Labute approximate surface area is 162 Å². The third kappa shape index (κ3) is 3.59. The molecule has 0 aliphatic heterocycles. The minimum Gasteiger partial charge on any atom is -0.360 e. The van der Waals surface area contributed by atoms with Gasteiger partial charge in [0.1, 0.15) is 0 Å². The monoisotopic (exact) mass is 374 g/mol. The van der Waals surface area contributed by atoms with Gasteiger partial charge in [0.2, 0.25) is 0 Å². The van der Waals surface area contributed by atoms with Crippen LogP contribution in [0.1, 0.15) is 25.2 Å². The van der Waals surface area contributed by atoms with Crippen LogP contribution in [0.4, 0.5) is 0 Å². The van der Waals surface area contributed by atoms with Crippen LogP contribution in [0.3, 0.4) is 0 Å². The largest absolute Gasteiger partial charge is 0.360 e. The van der Waals surface area contributed by atoms with E-state index in [2.05, 4.69) is 82.3 Å². The number of hydrogen-bond acceptors (Lipinski definition) is 1. The Bertz CT molecular complexity index is 973. The van der Waals surface area contributed by atoms with Gasteiger partial charge in [0.15, 0.2) is 0 Å². The smallest absolute Gasteiger partial charge is 0.0624 e. The van der Waals surface area contributed by atoms with Crippen molar-refractivity contribution >= 4 is 21.6 Å². The van der Waals surface area contributed by atoms with Crippen molar-refractivity contribution in [1.29, 1.82) is 0 Å². The van der Waals surface area contributed by atoms with E-state index < -0.39 is 0 Å². The Kier molecular flexibility index (Phi) is 4.94. The molecule has 4 N–H and O–H groups in total. The van der Waals surface area contributed by atoms with Gasteiger partial charge in [-0.05, 0) is 62.4 Å². The molecule has 0 aliphatic rings. The molecule has 4 heterocycles. The molecule has 0 aromatic carbocycles. The first-order valence-corrected chi connectivity index (χ1v) is 9.77. The number of H-pyrrole nitrogens is 4. The van der Waals surface area contributed by atoms with Crippen molar-refractivity contribution < 1.29 is 0 Å². The molecule has 0 atom stereocenters. The minimum atomic E-state index is 1.09. The molecule has 136 valence electrons. The van der Waals surface area contributed by atoms with E-state index in [0.717, 1.165) is 34.2 Å². The normalized spacial score (nSPS) is 12.7. The van der Waals surface area contributed by atoms with Crippen LogP contribution in [-0.2, 0) is 0 Å². The molecule has 0 unspecified atom stereocenters. The second kappa shape index (κ2) is 7.68. The average Bonchev–Trinajstić information content (AvgIpc) is 3.50. The van der Waals surface area contributed by atoms with Crippen molar-refractivity contribution in [1.82, 2.24) is 19.9 Å². The lowest BCUT2D eigenvalue weighted by Crippen LogP contribution is -1.86. The first kappa shape index (κ1) is 17.4. The van der Waals surface area contributed by atoms with E-state index >= 15 is 0 Å². The first-order valence-electron chi connectivity index (χ1n) is 8.95. The average molecular weight is 375 g/mol. The molecule has 4 rings (SSSR count). The maximum absolute atomic E-state index is 3.51. The third-order valence-electron chi connectivity index (χ3n) is 4.42. The van der Waals surface area contributed by atoms with Crippen LogP contribution in [0.2, 0.25) is 0 Å². The summed E-state index contributed by atoms with van der Waals surface area (Å²) in [4.78, 5) is 15.9. The molecule has 0 aliphatic carbocycles. The van der Waals surface area contributed by atoms with Crippen LogP contribution in [0.15, 0.2) is 73.1 Å². The number of hydrogen-bond donors (Lipinski definition) is 4. The molecule has 27 heavy (non-hydrogen) atoms. The molecule has 0 bridgehead atoms. The van der Waals surface area contributed by atoms with Crippen molar-refractivity contribution in [2.24, 2.45) is 0 Å². The summed E-state index contributed by atoms with van der Waals surface area (Å²) in [6, 6.07) is 16.6. The number of allylic oxidation sites excluding steroid dienone is 2. The fraction of sp³-hybridized carbons (Fsp3) is 0.0909. The van der Waals surface area contributed by atoms with E-state index in [0.29, 0.717) is 0 Å². The van der Waals surface area contributed by atoms with Crippen LogP contribution >= 0.6 is 11.8 Å².